The monoisotopic (exact) mass is 493 g/mol. The van der Waals surface area contributed by atoms with Crippen LogP contribution in [0.1, 0.15) is 33.1 Å². The number of guanidine groups is 1. The van der Waals surface area contributed by atoms with E-state index in [2.05, 4.69) is 24.2 Å². The van der Waals surface area contributed by atoms with Crippen molar-refractivity contribution in [2.24, 2.45) is 10.9 Å². The third kappa shape index (κ3) is 9.10. The Morgan fingerprint density at radius 2 is 2.00 bits per heavy atom. The molecule has 1 aliphatic heterocycles. The van der Waals surface area contributed by atoms with Gasteiger partial charge in [0.1, 0.15) is 17.7 Å². The van der Waals surface area contributed by atoms with Crippen molar-refractivity contribution in [1.29, 1.82) is 0 Å². The van der Waals surface area contributed by atoms with E-state index in [1.165, 1.54) is 12.1 Å². The summed E-state index contributed by atoms with van der Waals surface area (Å²) >= 11 is 0. The Bertz CT molecular complexity index is 551. The lowest BCUT2D eigenvalue weighted by molar-refractivity contribution is 0.0625. The summed E-state index contributed by atoms with van der Waals surface area (Å²) in [6.45, 7) is 8.17. The van der Waals surface area contributed by atoms with E-state index in [0.29, 0.717) is 12.3 Å². The van der Waals surface area contributed by atoms with Gasteiger partial charge in [-0.05, 0) is 63.3 Å². The smallest absolute Gasteiger partial charge is 0.193 e. The molecule has 1 aromatic carbocycles. The molecule has 1 unspecified atom stereocenters. The number of hydrogen-bond donors (Lipinski definition) is 1. The Morgan fingerprint density at radius 3 is 2.63 bits per heavy atom. The lowest BCUT2D eigenvalue weighted by Crippen LogP contribution is -2.40. The molecule has 0 saturated carbocycles. The predicted molar refractivity (Wildman–Crippen MR) is 119 cm³/mol. The first kappa shape index (κ1) is 23.9. The van der Waals surface area contributed by atoms with E-state index in [1.807, 2.05) is 6.92 Å². The number of rotatable bonds is 8. The zero-order valence-corrected chi connectivity index (χ0v) is 18.9. The maximum atomic E-state index is 13.0. The van der Waals surface area contributed by atoms with Gasteiger partial charge in [-0.25, -0.2) is 9.38 Å². The van der Waals surface area contributed by atoms with Crippen LogP contribution in [0.3, 0.4) is 0 Å². The first-order valence-corrected chi connectivity index (χ1v) is 9.58. The third-order valence-electron chi connectivity index (χ3n) is 4.56. The van der Waals surface area contributed by atoms with Gasteiger partial charge in [0.05, 0.1) is 6.54 Å². The number of nitrogens with zero attached hydrogens (tertiary/aromatic N) is 2. The van der Waals surface area contributed by atoms with Gasteiger partial charge in [0, 0.05) is 33.4 Å². The second-order valence-corrected chi connectivity index (χ2v) is 6.84. The van der Waals surface area contributed by atoms with Crippen LogP contribution in [0.2, 0.25) is 0 Å². The standard InChI is InChI=1S/C20H32FN3O2.HI/c1-4-22-20(24(3)12-9-17-10-13-25-14-11-17)23-15-16(2)26-19-7-5-18(21)6-8-19;/h5-8,16-17H,4,9-15H2,1-3H3,(H,22,23);1H. The Balaban J connectivity index is 0.00000364. The zero-order chi connectivity index (χ0) is 18.8. The van der Waals surface area contributed by atoms with Crippen molar-refractivity contribution in [3.05, 3.63) is 30.1 Å². The van der Waals surface area contributed by atoms with Crippen LogP contribution < -0.4 is 10.1 Å². The van der Waals surface area contributed by atoms with E-state index in [0.717, 1.165) is 57.4 Å². The summed E-state index contributed by atoms with van der Waals surface area (Å²) in [7, 11) is 2.08. The Kier molecular flexibility index (Phi) is 11.7. The molecule has 0 amide bonds. The average Bonchev–Trinajstić information content (AvgIpc) is 2.66. The summed E-state index contributed by atoms with van der Waals surface area (Å²) in [5.74, 6) is 2.04. The Morgan fingerprint density at radius 1 is 1.33 bits per heavy atom. The van der Waals surface area contributed by atoms with Crippen molar-refractivity contribution in [2.45, 2.75) is 39.2 Å². The fourth-order valence-corrected chi connectivity index (χ4v) is 2.98. The topological polar surface area (TPSA) is 46.1 Å². The summed E-state index contributed by atoms with van der Waals surface area (Å²) in [4.78, 5) is 6.88. The second-order valence-electron chi connectivity index (χ2n) is 6.84. The fraction of sp³-hybridized carbons (Fsp3) is 0.650. The number of hydrogen-bond acceptors (Lipinski definition) is 3. The second kappa shape index (κ2) is 13.1. The molecule has 0 bridgehead atoms. The van der Waals surface area contributed by atoms with E-state index >= 15 is 0 Å². The fourth-order valence-electron chi connectivity index (χ4n) is 2.98. The van der Waals surface area contributed by atoms with Crippen LogP contribution >= 0.6 is 24.0 Å². The minimum Gasteiger partial charge on any atom is -0.489 e. The van der Waals surface area contributed by atoms with Gasteiger partial charge >= 0.3 is 0 Å². The number of nitrogens with one attached hydrogen (secondary N) is 1. The molecular weight excluding hydrogens is 460 g/mol. The van der Waals surface area contributed by atoms with Gasteiger partial charge in [-0.2, -0.15) is 0 Å². The van der Waals surface area contributed by atoms with Gasteiger partial charge in [0.15, 0.2) is 5.96 Å². The maximum absolute atomic E-state index is 13.0. The highest BCUT2D eigenvalue weighted by molar-refractivity contribution is 14.0. The highest BCUT2D eigenvalue weighted by atomic mass is 127. The minimum atomic E-state index is -0.261. The van der Waals surface area contributed by atoms with Crippen molar-refractivity contribution < 1.29 is 13.9 Å². The van der Waals surface area contributed by atoms with E-state index in [-0.39, 0.29) is 35.9 Å². The average molecular weight is 493 g/mol. The molecule has 1 aromatic rings. The highest BCUT2D eigenvalue weighted by Gasteiger charge is 2.15. The van der Waals surface area contributed by atoms with Crippen molar-refractivity contribution in [3.8, 4) is 5.75 Å². The third-order valence-corrected chi connectivity index (χ3v) is 4.56. The molecule has 1 atom stereocenters. The maximum Gasteiger partial charge on any atom is 0.193 e. The van der Waals surface area contributed by atoms with Crippen LogP contribution in [-0.2, 0) is 4.74 Å². The summed E-state index contributed by atoms with van der Waals surface area (Å²) in [5.41, 5.74) is 0. The summed E-state index contributed by atoms with van der Waals surface area (Å²) < 4.78 is 24.2. The summed E-state index contributed by atoms with van der Waals surface area (Å²) in [6.07, 6.45) is 3.39. The van der Waals surface area contributed by atoms with Crippen molar-refractivity contribution in [1.82, 2.24) is 10.2 Å². The van der Waals surface area contributed by atoms with Crippen LogP contribution in [0, 0.1) is 11.7 Å². The van der Waals surface area contributed by atoms with Crippen LogP contribution in [-0.4, -0.2) is 56.9 Å². The normalized spacial score (nSPS) is 16.4. The quantitative estimate of drug-likeness (QED) is 0.339. The number of halogens is 2. The van der Waals surface area contributed by atoms with Gasteiger partial charge in [-0.15, -0.1) is 24.0 Å². The Labute approximate surface area is 179 Å². The minimum absolute atomic E-state index is 0. The largest absolute Gasteiger partial charge is 0.489 e. The van der Waals surface area contributed by atoms with E-state index in [1.54, 1.807) is 12.1 Å². The van der Waals surface area contributed by atoms with Gasteiger partial charge < -0.3 is 19.7 Å². The van der Waals surface area contributed by atoms with E-state index in [4.69, 9.17) is 14.5 Å². The van der Waals surface area contributed by atoms with Crippen molar-refractivity contribution >= 4 is 29.9 Å². The van der Waals surface area contributed by atoms with E-state index in [9.17, 15) is 4.39 Å². The van der Waals surface area contributed by atoms with Gasteiger partial charge in [0.2, 0.25) is 0 Å². The van der Waals surface area contributed by atoms with Crippen LogP contribution in [0.4, 0.5) is 4.39 Å². The molecule has 1 aliphatic rings. The van der Waals surface area contributed by atoms with Crippen LogP contribution in [0.25, 0.3) is 0 Å². The first-order chi connectivity index (χ1) is 12.6. The predicted octanol–water partition coefficient (Wildman–Crippen LogP) is 3.93. The van der Waals surface area contributed by atoms with Gasteiger partial charge in [-0.1, -0.05) is 0 Å². The number of aliphatic imine (C=N–C) groups is 1. The number of benzene rings is 1. The molecule has 7 heteroatoms. The molecule has 1 heterocycles. The highest BCUT2D eigenvalue weighted by Crippen LogP contribution is 2.18. The van der Waals surface area contributed by atoms with Crippen molar-refractivity contribution in [2.75, 3.05) is 39.9 Å². The molecule has 1 saturated heterocycles. The molecule has 2 rings (SSSR count). The molecule has 5 nitrogen and oxygen atoms in total. The zero-order valence-electron chi connectivity index (χ0n) is 16.6. The van der Waals surface area contributed by atoms with E-state index < -0.39 is 0 Å². The lowest BCUT2D eigenvalue weighted by Gasteiger charge is -2.27. The SMILES string of the molecule is CCNC(=NCC(C)Oc1ccc(F)cc1)N(C)CCC1CCOCC1.I. The van der Waals surface area contributed by atoms with Gasteiger partial charge in [0.25, 0.3) is 0 Å². The summed E-state index contributed by atoms with van der Waals surface area (Å²) in [5, 5.41) is 3.34. The number of ether oxygens (including phenoxy) is 2. The molecule has 154 valence electrons. The summed E-state index contributed by atoms with van der Waals surface area (Å²) in [6, 6.07) is 6.08. The van der Waals surface area contributed by atoms with Gasteiger partial charge in [-0.3, -0.25) is 0 Å². The molecule has 0 radical (unpaired) electrons. The molecule has 1 fully saturated rings. The first-order valence-electron chi connectivity index (χ1n) is 9.58. The van der Waals surface area contributed by atoms with Crippen LogP contribution in [0.15, 0.2) is 29.3 Å². The molecule has 0 spiro atoms. The molecular formula is C20H33FIN3O2. The Hall–Kier alpha value is -1.09. The van der Waals surface area contributed by atoms with Crippen LogP contribution in [0.5, 0.6) is 5.75 Å². The lowest BCUT2D eigenvalue weighted by atomic mass is 9.96. The molecule has 0 aromatic heterocycles. The molecule has 0 aliphatic carbocycles. The molecule has 1 N–H and O–H groups in total. The van der Waals surface area contributed by atoms with Crippen molar-refractivity contribution in [3.63, 3.8) is 0 Å². The molecule has 27 heavy (non-hydrogen) atoms.